The van der Waals surface area contributed by atoms with Crippen molar-refractivity contribution in [3.8, 4) is 11.5 Å². The molecule has 0 radical (unpaired) electrons. The molecule has 0 aliphatic rings. The first kappa shape index (κ1) is 18.3. The van der Waals surface area contributed by atoms with Crippen LogP contribution >= 0.6 is 0 Å². The number of carbonyl (C=O) groups is 2. The van der Waals surface area contributed by atoms with Crippen molar-refractivity contribution < 1.29 is 24.5 Å². The van der Waals surface area contributed by atoms with Crippen LogP contribution in [0.4, 0.5) is 0 Å². The Hall–Kier alpha value is -3.02. The molecule has 0 heterocycles. The van der Waals surface area contributed by atoms with E-state index in [2.05, 4.69) is 5.32 Å². The largest absolute Gasteiger partial charge is 0.508 e. The molecule has 2 rings (SSSR count). The second-order valence-corrected chi connectivity index (χ2v) is 5.68. The van der Waals surface area contributed by atoms with Gasteiger partial charge in [0.2, 0.25) is 5.91 Å². The molecule has 0 aliphatic carbocycles. The van der Waals surface area contributed by atoms with Crippen LogP contribution in [0.1, 0.15) is 17.5 Å². The molecule has 0 spiro atoms. The van der Waals surface area contributed by atoms with Crippen LogP contribution in [0.5, 0.6) is 11.5 Å². The maximum atomic E-state index is 12.2. The summed E-state index contributed by atoms with van der Waals surface area (Å²) in [5, 5.41) is 21.2. The van der Waals surface area contributed by atoms with Crippen LogP contribution in [-0.2, 0) is 27.2 Å². The minimum atomic E-state index is -0.790. The fourth-order valence-corrected chi connectivity index (χ4v) is 2.39. The lowest BCUT2D eigenvalue weighted by Gasteiger charge is -2.16. The second kappa shape index (κ2) is 8.73. The lowest BCUT2D eigenvalue weighted by Crippen LogP contribution is -2.43. The summed E-state index contributed by atoms with van der Waals surface area (Å²) in [6, 6.07) is 12.3. The third-order valence-electron chi connectivity index (χ3n) is 3.77. The Morgan fingerprint density at radius 3 is 2.00 bits per heavy atom. The van der Waals surface area contributed by atoms with Gasteiger partial charge in [0.25, 0.3) is 0 Å². The molecule has 1 atom stereocenters. The molecule has 6 heteroatoms. The Kier molecular flexibility index (Phi) is 6.39. The zero-order chi connectivity index (χ0) is 18.2. The number of amides is 1. The number of aryl methyl sites for hydroxylation is 1. The fourth-order valence-electron chi connectivity index (χ4n) is 2.39. The molecule has 0 aliphatic heterocycles. The molecule has 2 aromatic carbocycles. The number of esters is 1. The predicted molar refractivity (Wildman–Crippen MR) is 92.2 cm³/mol. The highest BCUT2D eigenvalue weighted by Crippen LogP contribution is 2.13. The Labute approximate surface area is 146 Å². The van der Waals surface area contributed by atoms with Gasteiger partial charge in [-0.3, -0.25) is 4.79 Å². The monoisotopic (exact) mass is 343 g/mol. The molecule has 25 heavy (non-hydrogen) atoms. The lowest BCUT2D eigenvalue weighted by atomic mass is 10.0. The molecule has 3 N–H and O–H groups in total. The molecule has 132 valence electrons. The predicted octanol–water partition coefficient (Wildman–Crippen LogP) is 1.93. The van der Waals surface area contributed by atoms with Gasteiger partial charge in [0, 0.05) is 12.8 Å². The first-order chi connectivity index (χ1) is 12.0. The maximum Gasteiger partial charge on any atom is 0.328 e. The summed E-state index contributed by atoms with van der Waals surface area (Å²) in [7, 11) is 1.27. The van der Waals surface area contributed by atoms with Crippen molar-refractivity contribution in [1.82, 2.24) is 5.32 Å². The number of hydrogen-bond donors (Lipinski definition) is 3. The third kappa shape index (κ3) is 5.84. The summed E-state index contributed by atoms with van der Waals surface area (Å²) in [6.45, 7) is 0. The summed E-state index contributed by atoms with van der Waals surface area (Å²) in [6.07, 6.45) is 0.991. The fraction of sp³-hybridized carbons (Fsp3) is 0.263. The quantitative estimate of drug-likeness (QED) is 0.668. The third-order valence-corrected chi connectivity index (χ3v) is 3.77. The van der Waals surface area contributed by atoms with Gasteiger partial charge in [-0.2, -0.15) is 0 Å². The highest BCUT2D eigenvalue weighted by atomic mass is 16.5. The first-order valence-electron chi connectivity index (χ1n) is 7.91. The Bertz CT molecular complexity index is 710. The normalized spacial score (nSPS) is 11.6. The van der Waals surface area contributed by atoms with Gasteiger partial charge in [-0.05, 0) is 41.8 Å². The van der Waals surface area contributed by atoms with Crippen molar-refractivity contribution in [2.45, 2.75) is 25.3 Å². The summed E-state index contributed by atoms with van der Waals surface area (Å²) < 4.78 is 4.75. The zero-order valence-corrected chi connectivity index (χ0v) is 13.9. The summed E-state index contributed by atoms with van der Waals surface area (Å²) >= 11 is 0. The van der Waals surface area contributed by atoms with E-state index < -0.39 is 12.0 Å². The van der Waals surface area contributed by atoms with Gasteiger partial charge in [-0.15, -0.1) is 0 Å². The van der Waals surface area contributed by atoms with Crippen molar-refractivity contribution in [1.29, 1.82) is 0 Å². The van der Waals surface area contributed by atoms with Crippen LogP contribution in [0.25, 0.3) is 0 Å². The van der Waals surface area contributed by atoms with Crippen LogP contribution in [0, 0.1) is 0 Å². The molecule has 1 unspecified atom stereocenters. The zero-order valence-electron chi connectivity index (χ0n) is 13.9. The van der Waals surface area contributed by atoms with E-state index in [0.717, 1.165) is 11.1 Å². The summed E-state index contributed by atoms with van der Waals surface area (Å²) in [5.41, 5.74) is 1.72. The Balaban J connectivity index is 1.93. The van der Waals surface area contributed by atoms with E-state index in [0.29, 0.717) is 6.42 Å². The molecule has 0 saturated heterocycles. The molecule has 0 saturated carbocycles. The Morgan fingerprint density at radius 1 is 0.960 bits per heavy atom. The Morgan fingerprint density at radius 2 is 1.48 bits per heavy atom. The smallest absolute Gasteiger partial charge is 0.328 e. The van der Waals surface area contributed by atoms with Gasteiger partial charge in [-0.25, -0.2) is 4.79 Å². The SMILES string of the molecule is COC(=O)C(Cc1ccc(O)cc1)NC(=O)CCc1ccc(O)cc1. The number of rotatable bonds is 7. The lowest BCUT2D eigenvalue weighted by molar-refractivity contribution is -0.145. The van der Waals surface area contributed by atoms with Crippen molar-refractivity contribution in [2.24, 2.45) is 0 Å². The molecule has 1 amide bonds. The molecule has 6 nitrogen and oxygen atoms in total. The number of nitrogens with one attached hydrogen (secondary N) is 1. The van der Waals surface area contributed by atoms with E-state index >= 15 is 0 Å². The maximum absolute atomic E-state index is 12.2. The number of phenols is 2. The van der Waals surface area contributed by atoms with E-state index in [9.17, 15) is 19.8 Å². The standard InChI is InChI=1S/C19H21NO5/c1-25-19(24)17(12-14-4-9-16(22)10-5-14)20-18(23)11-6-13-2-7-15(21)8-3-13/h2-5,7-10,17,21-22H,6,11-12H2,1H3,(H,20,23). The number of phenolic OH excluding ortho intramolecular Hbond substituents is 2. The molecular weight excluding hydrogens is 322 g/mol. The average molecular weight is 343 g/mol. The first-order valence-corrected chi connectivity index (χ1v) is 7.91. The second-order valence-electron chi connectivity index (χ2n) is 5.68. The van der Waals surface area contributed by atoms with Crippen LogP contribution in [0.15, 0.2) is 48.5 Å². The average Bonchev–Trinajstić information content (AvgIpc) is 2.62. The molecule has 0 aromatic heterocycles. The van der Waals surface area contributed by atoms with Gasteiger partial charge in [-0.1, -0.05) is 24.3 Å². The van der Waals surface area contributed by atoms with Crippen LogP contribution in [0.2, 0.25) is 0 Å². The summed E-state index contributed by atoms with van der Waals surface area (Å²) in [4.78, 5) is 24.1. The van der Waals surface area contributed by atoms with Crippen molar-refractivity contribution in [3.05, 3.63) is 59.7 Å². The number of hydrogen-bond acceptors (Lipinski definition) is 5. The van der Waals surface area contributed by atoms with E-state index in [1.807, 2.05) is 0 Å². The molecule has 0 fully saturated rings. The van der Waals surface area contributed by atoms with Gasteiger partial charge < -0.3 is 20.3 Å². The van der Waals surface area contributed by atoms with Crippen LogP contribution in [0.3, 0.4) is 0 Å². The molecular formula is C19H21NO5. The van der Waals surface area contributed by atoms with Crippen molar-refractivity contribution >= 4 is 11.9 Å². The van der Waals surface area contributed by atoms with Crippen LogP contribution < -0.4 is 5.32 Å². The number of ether oxygens (including phenoxy) is 1. The minimum absolute atomic E-state index is 0.135. The van der Waals surface area contributed by atoms with Crippen molar-refractivity contribution in [3.63, 3.8) is 0 Å². The van der Waals surface area contributed by atoms with Gasteiger partial charge in [0.1, 0.15) is 17.5 Å². The van der Waals surface area contributed by atoms with E-state index in [1.165, 1.54) is 19.2 Å². The molecule has 0 bridgehead atoms. The van der Waals surface area contributed by atoms with E-state index in [-0.39, 0.29) is 30.2 Å². The number of methoxy groups -OCH3 is 1. The topological polar surface area (TPSA) is 95.9 Å². The summed E-state index contributed by atoms with van der Waals surface area (Å²) in [5.74, 6) is -0.475. The van der Waals surface area contributed by atoms with Gasteiger partial charge in [0.05, 0.1) is 7.11 Å². The highest BCUT2D eigenvalue weighted by molar-refractivity contribution is 5.84. The van der Waals surface area contributed by atoms with Crippen molar-refractivity contribution in [2.75, 3.05) is 7.11 Å². The minimum Gasteiger partial charge on any atom is -0.508 e. The molecule has 2 aromatic rings. The van der Waals surface area contributed by atoms with E-state index in [4.69, 9.17) is 4.74 Å². The van der Waals surface area contributed by atoms with Gasteiger partial charge >= 0.3 is 5.97 Å². The number of carbonyl (C=O) groups excluding carboxylic acids is 2. The van der Waals surface area contributed by atoms with E-state index in [1.54, 1.807) is 36.4 Å². The highest BCUT2D eigenvalue weighted by Gasteiger charge is 2.21. The number of aromatic hydroxyl groups is 2. The number of benzene rings is 2. The van der Waals surface area contributed by atoms with Gasteiger partial charge in [0.15, 0.2) is 0 Å². The van der Waals surface area contributed by atoms with Crippen LogP contribution in [-0.4, -0.2) is 35.2 Å².